The Labute approximate surface area is 183 Å². The fourth-order valence-corrected chi connectivity index (χ4v) is 3.39. The molecule has 0 aliphatic rings. The number of hydrogen-bond donors (Lipinski definition) is 4. The molecule has 1 rings (SSSR count). The van der Waals surface area contributed by atoms with Crippen LogP contribution in [0, 0.1) is 11.8 Å². The Morgan fingerprint density at radius 2 is 1.20 bits per heavy atom. The van der Waals surface area contributed by atoms with E-state index in [0.29, 0.717) is 36.3 Å². The van der Waals surface area contributed by atoms with E-state index in [2.05, 4.69) is 49.0 Å². The van der Waals surface area contributed by atoms with Crippen molar-refractivity contribution in [1.29, 1.82) is 0 Å². The summed E-state index contributed by atoms with van der Waals surface area (Å²) in [7, 11) is 0. The van der Waals surface area contributed by atoms with Crippen molar-refractivity contribution in [1.82, 2.24) is 10.6 Å². The van der Waals surface area contributed by atoms with Crippen LogP contribution in [0.1, 0.15) is 79.1 Å². The third kappa shape index (κ3) is 11.1. The quantitative estimate of drug-likeness (QED) is 0.283. The minimum atomic E-state index is -0.215. The number of anilines is 2. The topological polar surface area (TPSA) is 82.3 Å². The van der Waals surface area contributed by atoms with Gasteiger partial charge in [0.05, 0.1) is 0 Å². The van der Waals surface area contributed by atoms with E-state index in [1.54, 1.807) is 6.07 Å². The molecular formula is C24H42N4O2. The van der Waals surface area contributed by atoms with E-state index >= 15 is 0 Å². The molecule has 0 aromatic heterocycles. The molecule has 0 heterocycles. The standard InChI is InChI=1S/C24H42N4O2/c1-5-9-12-19(7-3)17-25-23(29)27-21-14-11-15-22(16-21)28-24(30)26-18-20(8-4)13-10-6-2/h11,14-16,19-20H,5-10,12-13,17-18H2,1-4H3,(H2,25,27,29)(H2,26,28,30). The smallest absolute Gasteiger partial charge is 0.319 e. The Kier molecular flexibility index (Phi) is 13.4. The molecule has 0 aliphatic carbocycles. The van der Waals surface area contributed by atoms with Crippen molar-refractivity contribution in [3.8, 4) is 0 Å². The molecule has 2 unspecified atom stereocenters. The van der Waals surface area contributed by atoms with E-state index in [1.807, 2.05) is 18.2 Å². The van der Waals surface area contributed by atoms with Crippen molar-refractivity contribution in [2.45, 2.75) is 79.1 Å². The van der Waals surface area contributed by atoms with E-state index in [9.17, 15) is 9.59 Å². The second kappa shape index (κ2) is 15.6. The number of nitrogens with one attached hydrogen (secondary N) is 4. The maximum absolute atomic E-state index is 12.2. The number of hydrogen-bond acceptors (Lipinski definition) is 2. The molecule has 1 aromatic rings. The molecule has 0 bridgehead atoms. The van der Waals surface area contributed by atoms with E-state index in [1.165, 1.54) is 25.7 Å². The lowest BCUT2D eigenvalue weighted by Crippen LogP contribution is -2.33. The molecule has 1 aromatic carbocycles. The molecule has 0 aliphatic heterocycles. The van der Waals surface area contributed by atoms with Gasteiger partial charge in [0.1, 0.15) is 0 Å². The van der Waals surface area contributed by atoms with Gasteiger partial charge in [0.25, 0.3) is 0 Å². The van der Waals surface area contributed by atoms with Crippen LogP contribution in [0.2, 0.25) is 0 Å². The van der Waals surface area contributed by atoms with Crippen LogP contribution in [0.3, 0.4) is 0 Å². The van der Waals surface area contributed by atoms with Gasteiger partial charge in [-0.3, -0.25) is 0 Å². The van der Waals surface area contributed by atoms with Crippen molar-refractivity contribution in [3.63, 3.8) is 0 Å². The van der Waals surface area contributed by atoms with Crippen LogP contribution in [-0.4, -0.2) is 25.2 Å². The monoisotopic (exact) mass is 418 g/mol. The Morgan fingerprint density at radius 3 is 1.57 bits per heavy atom. The van der Waals surface area contributed by atoms with Crippen molar-refractivity contribution < 1.29 is 9.59 Å². The van der Waals surface area contributed by atoms with Crippen LogP contribution in [0.15, 0.2) is 24.3 Å². The number of carbonyl (C=O) groups excluding carboxylic acids is 2. The zero-order chi connectivity index (χ0) is 22.2. The number of rotatable bonds is 14. The number of benzene rings is 1. The van der Waals surface area contributed by atoms with Gasteiger partial charge >= 0.3 is 12.1 Å². The molecule has 4 amide bonds. The molecule has 0 spiro atoms. The number of urea groups is 2. The average molecular weight is 419 g/mol. The minimum Gasteiger partial charge on any atom is -0.338 e. The van der Waals surface area contributed by atoms with E-state index in [-0.39, 0.29) is 12.1 Å². The summed E-state index contributed by atoms with van der Waals surface area (Å²) in [5.41, 5.74) is 1.31. The number of carbonyl (C=O) groups is 2. The van der Waals surface area contributed by atoms with Gasteiger partial charge < -0.3 is 21.3 Å². The number of unbranched alkanes of at least 4 members (excludes halogenated alkanes) is 2. The minimum absolute atomic E-state index is 0.215. The predicted molar refractivity (Wildman–Crippen MR) is 127 cm³/mol. The van der Waals surface area contributed by atoms with Gasteiger partial charge in [-0.2, -0.15) is 0 Å². The second-order valence-electron chi connectivity index (χ2n) is 8.08. The highest BCUT2D eigenvalue weighted by Gasteiger charge is 2.10. The Morgan fingerprint density at radius 1 is 0.767 bits per heavy atom. The highest BCUT2D eigenvalue weighted by molar-refractivity contribution is 5.92. The van der Waals surface area contributed by atoms with Gasteiger partial charge in [-0.25, -0.2) is 9.59 Å². The van der Waals surface area contributed by atoms with Crippen LogP contribution in [0.4, 0.5) is 21.0 Å². The summed E-state index contributed by atoms with van der Waals surface area (Å²) in [4.78, 5) is 24.4. The first-order valence-corrected chi connectivity index (χ1v) is 11.7. The molecule has 170 valence electrons. The van der Waals surface area contributed by atoms with Gasteiger partial charge in [0.2, 0.25) is 0 Å². The van der Waals surface area contributed by atoms with Crippen molar-refractivity contribution in [3.05, 3.63) is 24.3 Å². The first-order valence-electron chi connectivity index (χ1n) is 11.7. The van der Waals surface area contributed by atoms with Gasteiger partial charge in [0.15, 0.2) is 0 Å². The highest BCUT2D eigenvalue weighted by Crippen LogP contribution is 2.16. The van der Waals surface area contributed by atoms with E-state index in [0.717, 1.165) is 25.7 Å². The molecule has 6 nitrogen and oxygen atoms in total. The lowest BCUT2D eigenvalue weighted by atomic mass is 9.99. The lowest BCUT2D eigenvalue weighted by Gasteiger charge is -2.16. The molecule has 6 heteroatoms. The normalized spacial score (nSPS) is 12.7. The maximum atomic E-state index is 12.2. The summed E-state index contributed by atoms with van der Waals surface area (Å²) in [6, 6.07) is 6.78. The largest absolute Gasteiger partial charge is 0.338 e. The summed E-state index contributed by atoms with van der Waals surface area (Å²) < 4.78 is 0. The van der Waals surface area contributed by atoms with Gasteiger partial charge in [0, 0.05) is 24.5 Å². The third-order valence-electron chi connectivity index (χ3n) is 5.57. The first kappa shape index (κ1) is 25.8. The van der Waals surface area contributed by atoms with Crippen LogP contribution in [-0.2, 0) is 0 Å². The molecule has 0 fully saturated rings. The van der Waals surface area contributed by atoms with Crippen molar-refractivity contribution in [2.75, 3.05) is 23.7 Å². The number of amides is 4. The summed E-state index contributed by atoms with van der Waals surface area (Å²) in [5.74, 6) is 1.02. The van der Waals surface area contributed by atoms with Crippen molar-refractivity contribution >= 4 is 23.4 Å². The summed E-state index contributed by atoms with van der Waals surface area (Å²) in [5, 5.41) is 11.6. The molecular weight excluding hydrogens is 376 g/mol. The zero-order valence-corrected chi connectivity index (χ0v) is 19.4. The van der Waals surface area contributed by atoms with E-state index < -0.39 is 0 Å². The van der Waals surface area contributed by atoms with Gasteiger partial charge in [-0.1, -0.05) is 72.3 Å². The highest BCUT2D eigenvalue weighted by atomic mass is 16.2. The molecule has 2 atom stereocenters. The zero-order valence-electron chi connectivity index (χ0n) is 19.4. The van der Waals surface area contributed by atoms with Gasteiger partial charge in [-0.05, 0) is 42.9 Å². The Balaban J connectivity index is 2.46. The fraction of sp³-hybridized carbons (Fsp3) is 0.667. The Bertz CT molecular complexity index is 572. The summed E-state index contributed by atoms with van der Waals surface area (Å²) >= 11 is 0. The Hall–Kier alpha value is -2.24. The molecule has 0 saturated carbocycles. The average Bonchev–Trinajstić information content (AvgIpc) is 2.74. The fourth-order valence-electron chi connectivity index (χ4n) is 3.39. The second-order valence-corrected chi connectivity index (χ2v) is 8.08. The van der Waals surface area contributed by atoms with Crippen LogP contribution in [0.25, 0.3) is 0 Å². The summed E-state index contributed by atoms with van der Waals surface area (Å²) in [6.07, 6.45) is 9.13. The molecule has 30 heavy (non-hydrogen) atoms. The van der Waals surface area contributed by atoms with Crippen LogP contribution >= 0.6 is 0 Å². The first-order chi connectivity index (χ1) is 14.5. The molecule has 0 radical (unpaired) electrons. The molecule has 4 N–H and O–H groups in total. The SMILES string of the molecule is CCCCC(CC)CNC(=O)Nc1cccc(NC(=O)NCC(CC)CCCC)c1. The lowest BCUT2D eigenvalue weighted by molar-refractivity contribution is 0.248. The maximum Gasteiger partial charge on any atom is 0.319 e. The van der Waals surface area contributed by atoms with Crippen LogP contribution in [0.5, 0.6) is 0 Å². The molecule has 0 saturated heterocycles. The van der Waals surface area contributed by atoms with Crippen LogP contribution < -0.4 is 21.3 Å². The van der Waals surface area contributed by atoms with E-state index in [4.69, 9.17) is 0 Å². The predicted octanol–water partition coefficient (Wildman–Crippen LogP) is 6.36. The van der Waals surface area contributed by atoms with Crippen molar-refractivity contribution in [2.24, 2.45) is 11.8 Å². The van der Waals surface area contributed by atoms with Gasteiger partial charge in [-0.15, -0.1) is 0 Å². The summed E-state index contributed by atoms with van der Waals surface area (Å²) in [6.45, 7) is 10.0. The third-order valence-corrected chi connectivity index (χ3v) is 5.57.